The van der Waals surface area contributed by atoms with Crippen molar-refractivity contribution in [1.29, 1.82) is 0 Å². The molecule has 0 atom stereocenters. The van der Waals surface area contributed by atoms with Crippen LogP contribution in [0, 0.1) is 6.92 Å². The Hall–Kier alpha value is -0.820. The zero-order chi connectivity index (χ0) is 12.2. The molecule has 0 bridgehead atoms. The van der Waals surface area contributed by atoms with Crippen LogP contribution in [0.4, 0.5) is 5.69 Å². The highest BCUT2D eigenvalue weighted by atomic mass is 35.5. The van der Waals surface area contributed by atoms with Crippen LogP contribution in [0.1, 0.15) is 5.56 Å². The van der Waals surface area contributed by atoms with Gasteiger partial charge < -0.3 is 5.73 Å². The molecule has 0 heterocycles. The molecule has 4 N–H and O–H groups in total. The van der Waals surface area contributed by atoms with E-state index in [0.717, 1.165) is 5.56 Å². The first-order chi connectivity index (χ1) is 7.44. The molecular formula is C9H14ClN3O2S. The second kappa shape index (κ2) is 5.49. The SMILES string of the molecule is Cc1ccc(NS(=O)(=O)NCCN)cc1Cl. The number of hydrogen-bond acceptors (Lipinski definition) is 3. The van der Waals surface area contributed by atoms with Gasteiger partial charge >= 0.3 is 0 Å². The molecule has 0 aliphatic heterocycles. The topological polar surface area (TPSA) is 84.2 Å². The first-order valence-electron chi connectivity index (χ1n) is 4.68. The molecule has 0 radical (unpaired) electrons. The standard InChI is InChI=1S/C9H14ClN3O2S/c1-7-2-3-8(6-9(7)10)13-16(14,15)12-5-4-11/h2-3,6,12-13H,4-5,11H2,1H3. The molecule has 1 rings (SSSR count). The van der Waals surface area contributed by atoms with Gasteiger partial charge in [0, 0.05) is 18.1 Å². The fourth-order valence-corrected chi connectivity index (χ4v) is 2.12. The van der Waals surface area contributed by atoms with E-state index in [9.17, 15) is 8.42 Å². The normalized spacial score (nSPS) is 11.4. The summed E-state index contributed by atoms with van der Waals surface area (Å²) in [7, 11) is -3.57. The highest BCUT2D eigenvalue weighted by Crippen LogP contribution is 2.20. The van der Waals surface area contributed by atoms with E-state index in [1.165, 1.54) is 0 Å². The Morgan fingerprint density at radius 1 is 1.44 bits per heavy atom. The summed E-state index contributed by atoms with van der Waals surface area (Å²) in [4.78, 5) is 0. The molecule has 0 aliphatic carbocycles. The van der Waals surface area contributed by atoms with Crippen LogP contribution in [0.15, 0.2) is 18.2 Å². The maximum atomic E-state index is 11.4. The zero-order valence-corrected chi connectivity index (χ0v) is 10.4. The van der Waals surface area contributed by atoms with Crippen molar-refractivity contribution in [3.05, 3.63) is 28.8 Å². The van der Waals surface area contributed by atoms with Gasteiger partial charge in [0.2, 0.25) is 0 Å². The highest BCUT2D eigenvalue weighted by molar-refractivity contribution is 7.90. The molecule has 0 aliphatic rings. The lowest BCUT2D eigenvalue weighted by Gasteiger charge is -2.09. The molecule has 0 fully saturated rings. The van der Waals surface area contributed by atoms with E-state index >= 15 is 0 Å². The fourth-order valence-electron chi connectivity index (χ4n) is 1.04. The number of rotatable bonds is 5. The summed E-state index contributed by atoms with van der Waals surface area (Å²) >= 11 is 5.87. The van der Waals surface area contributed by atoms with Crippen molar-refractivity contribution in [2.45, 2.75) is 6.92 Å². The third kappa shape index (κ3) is 3.97. The van der Waals surface area contributed by atoms with E-state index in [4.69, 9.17) is 17.3 Å². The van der Waals surface area contributed by atoms with E-state index in [0.29, 0.717) is 10.7 Å². The molecule has 0 spiro atoms. The van der Waals surface area contributed by atoms with Crippen molar-refractivity contribution in [1.82, 2.24) is 4.72 Å². The van der Waals surface area contributed by atoms with E-state index in [-0.39, 0.29) is 13.1 Å². The summed E-state index contributed by atoms with van der Waals surface area (Å²) in [6.45, 7) is 2.28. The molecule has 0 amide bonds. The van der Waals surface area contributed by atoms with Gasteiger partial charge in [-0.15, -0.1) is 0 Å². The maximum absolute atomic E-state index is 11.4. The monoisotopic (exact) mass is 263 g/mol. The molecule has 90 valence electrons. The Balaban J connectivity index is 2.76. The number of aryl methyl sites for hydroxylation is 1. The highest BCUT2D eigenvalue weighted by Gasteiger charge is 2.08. The van der Waals surface area contributed by atoms with Crippen LogP contribution in [-0.4, -0.2) is 21.5 Å². The van der Waals surface area contributed by atoms with E-state index in [1.54, 1.807) is 18.2 Å². The van der Waals surface area contributed by atoms with Crippen LogP contribution < -0.4 is 15.2 Å². The van der Waals surface area contributed by atoms with Gasteiger partial charge in [0.15, 0.2) is 0 Å². The third-order valence-electron chi connectivity index (χ3n) is 1.86. The summed E-state index contributed by atoms with van der Waals surface area (Å²) in [5.74, 6) is 0. The Kier molecular flexibility index (Phi) is 4.55. The van der Waals surface area contributed by atoms with Gasteiger partial charge in [0.05, 0.1) is 5.69 Å². The van der Waals surface area contributed by atoms with Gasteiger partial charge in [-0.2, -0.15) is 13.1 Å². The van der Waals surface area contributed by atoms with E-state index in [2.05, 4.69) is 9.44 Å². The van der Waals surface area contributed by atoms with Gasteiger partial charge in [-0.25, -0.2) is 0 Å². The first-order valence-corrected chi connectivity index (χ1v) is 6.54. The Bertz CT molecular complexity index is 462. The summed E-state index contributed by atoms with van der Waals surface area (Å²) in [6, 6.07) is 4.94. The fraction of sp³-hybridized carbons (Fsp3) is 0.333. The maximum Gasteiger partial charge on any atom is 0.299 e. The molecule has 0 unspecified atom stereocenters. The van der Waals surface area contributed by atoms with Crippen LogP contribution in [0.2, 0.25) is 5.02 Å². The van der Waals surface area contributed by atoms with Crippen LogP contribution in [0.3, 0.4) is 0 Å². The number of halogens is 1. The minimum absolute atomic E-state index is 0.189. The number of anilines is 1. The minimum atomic E-state index is -3.57. The van der Waals surface area contributed by atoms with Crippen LogP contribution in [0.5, 0.6) is 0 Å². The Morgan fingerprint density at radius 3 is 2.69 bits per heavy atom. The molecule has 0 aromatic heterocycles. The predicted octanol–water partition coefficient (Wildman–Crippen LogP) is 0.853. The number of benzene rings is 1. The van der Waals surface area contributed by atoms with Crippen molar-refractivity contribution >= 4 is 27.5 Å². The first kappa shape index (κ1) is 13.2. The molecule has 0 saturated carbocycles. The number of nitrogens with two attached hydrogens (primary N) is 1. The van der Waals surface area contributed by atoms with Crippen LogP contribution in [-0.2, 0) is 10.2 Å². The molecule has 0 saturated heterocycles. The average molecular weight is 264 g/mol. The van der Waals surface area contributed by atoms with Gasteiger partial charge in [0.1, 0.15) is 0 Å². The van der Waals surface area contributed by atoms with Crippen molar-refractivity contribution < 1.29 is 8.42 Å². The van der Waals surface area contributed by atoms with Crippen molar-refractivity contribution in [3.63, 3.8) is 0 Å². The summed E-state index contributed by atoms with van der Waals surface area (Å²) in [5.41, 5.74) is 6.50. The van der Waals surface area contributed by atoms with E-state index in [1.807, 2.05) is 6.92 Å². The van der Waals surface area contributed by atoms with Gasteiger partial charge in [-0.1, -0.05) is 17.7 Å². The smallest absolute Gasteiger partial charge is 0.299 e. The molecule has 1 aromatic carbocycles. The summed E-state index contributed by atoms with van der Waals surface area (Å²) in [5, 5.41) is 0.513. The minimum Gasteiger partial charge on any atom is -0.329 e. The lowest BCUT2D eigenvalue weighted by atomic mass is 10.2. The van der Waals surface area contributed by atoms with Crippen molar-refractivity contribution in [2.75, 3.05) is 17.8 Å². The quantitative estimate of drug-likeness (QED) is 0.736. The van der Waals surface area contributed by atoms with Crippen molar-refractivity contribution in [2.24, 2.45) is 5.73 Å². The van der Waals surface area contributed by atoms with Crippen molar-refractivity contribution in [3.8, 4) is 0 Å². The number of nitrogens with one attached hydrogen (secondary N) is 2. The summed E-state index contributed by atoms with van der Waals surface area (Å²) in [6.07, 6.45) is 0. The summed E-state index contributed by atoms with van der Waals surface area (Å²) < 4.78 is 27.5. The predicted molar refractivity (Wildman–Crippen MR) is 65.8 cm³/mol. The Labute approximate surface area is 100 Å². The molecule has 16 heavy (non-hydrogen) atoms. The second-order valence-corrected chi connectivity index (χ2v) is 5.16. The molecular weight excluding hydrogens is 250 g/mol. The Morgan fingerprint density at radius 2 is 2.12 bits per heavy atom. The zero-order valence-electron chi connectivity index (χ0n) is 8.83. The molecule has 7 heteroatoms. The van der Waals surface area contributed by atoms with Gasteiger partial charge in [-0.05, 0) is 24.6 Å². The second-order valence-electron chi connectivity index (χ2n) is 3.25. The van der Waals surface area contributed by atoms with Crippen LogP contribution >= 0.6 is 11.6 Å². The lowest BCUT2D eigenvalue weighted by molar-refractivity contribution is 0.587. The molecule has 5 nitrogen and oxygen atoms in total. The van der Waals surface area contributed by atoms with Crippen LogP contribution in [0.25, 0.3) is 0 Å². The average Bonchev–Trinajstić information content (AvgIpc) is 2.20. The lowest BCUT2D eigenvalue weighted by Crippen LogP contribution is -2.33. The van der Waals surface area contributed by atoms with Gasteiger partial charge in [-0.3, -0.25) is 4.72 Å². The third-order valence-corrected chi connectivity index (χ3v) is 3.36. The van der Waals surface area contributed by atoms with Gasteiger partial charge in [0.25, 0.3) is 10.2 Å². The largest absolute Gasteiger partial charge is 0.329 e. The number of hydrogen-bond donors (Lipinski definition) is 3. The van der Waals surface area contributed by atoms with E-state index < -0.39 is 10.2 Å². The molecule has 1 aromatic rings.